The van der Waals surface area contributed by atoms with E-state index in [4.69, 9.17) is 25.8 Å². The molecule has 0 saturated heterocycles. The highest BCUT2D eigenvalue weighted by atomic mass is 79.9. The summed E-state index contributed by atoms with van der Waals surface area (Å²) in [6.07, 6.45) is 0. The number of amides is 2. The van der Waals surface area contributed by atoms with Gasteiger partial charge in [-0.3, -0.25) is 0 Å². The van der Waals surface area contributed by atoms with E-state index in [2.05, 4.69) is 21.2 Å². The molecule has 2 amide bonds. The molecule has 0 spiro atoms. The second-order valence-electron chi connectivity index (χ2n) is 5.34. The number of methoxy groups -OCH3 is 2. The zero-order valence-electron chi connectivity index (χ0n) is 14.7. The maximum absolute atomic E-state index is 12.4. The third kappa shape index (κ3) is 5.44. The minimum absolute atomic E-state index is 0.266. The molecule has 2 rings (SSSR count). The van der Waals surface area contributed by atoms with E-state index in [-0.39, 0.29) is 6.03 Å². The quantitative estimate of drug-likeness (QED) is 0.676. The second-order valence-corrected chi connectivity index (χ2v) is 6.63. The number of ether oxygens (including phenoxy) is 3. The zero-order valence-corrected chi connectivity index (χ0v) is 17.1. The number of hydrogen-bond donors (Lipinski definition) is 1. The van der Waals surface area contributed by atoms with Crippen LogP contribution >= 0.6 is 27.5 Å². The van der Waals surface area contributed by atoms with Gasteiger partial charge in [-0.1, -0.05) is 11.6 Å². The van der Waals surface area contributed by atoms with Crippen molar-refractivity contribution in [2.45, 2.75) is 0 Å². The molecule has 2 aromatic rings. The van der Waals surface area contributed by atoms with Gasteiger partial charge in [0.2, 0.25) is 0 Å². The van der Waals surface area contributed by atoms with Crippen molar-refractivity contribution in [3.8, 4) is 17.2 Å². The molecule has 2 aromatic carbocycles. The van der Waals surface area contributed by atoms with Gasteiger partial charge in [-0.2, -0.15) is 0 Å². The third-order valence-corrected chi connectivity index (χ3v) is 4.48. The molecule has 0 atom stereocenters. The summed E-state index contributed by atoms with van der Waals surface area (Å²) in [4.78, 5) is 13.9. The maximum Gasteiger partial charge on any atom is 0.321 e. The van der Waals surface area contributed by atoms with Crippen LogP contribution in [-0.4, -0.2) is 45.3 Å². The molecule has 0 unspecified atom stereocenters. The monoisotopic (exact) mass is 442 g/mol. The number of carbonyl (C=O) groups excluding carboxylic acids is 1. The summed E-state index contributed by atoms with van der Waals surface area (Å²) < 4.78 is 16.8. The first-order valence-corrected chi connectivity index (χ1v) is 8.93. The molecule has 0 heterocycles. The number of likely N-dealkylation sites (N-methyl/N-ethyl adjacent to an activating group) is 1. The van der Waals surface area contributed by atoms with Gasteiger partial charge < -0.3 is 24.4 Å². The Labute approximate surface area is 166 Å². The van der Waals surface area contributed by atoms with Crippen LogP contribution in [0.4, 0.5) is 10.5 Å². The molecule has 0 bridgehead atoms. The Hall–Kier alpha value is -2.12. The molecule has 0 aromatic heterocycles. The minimum atomic E-state index is -0.266. The van der Waals surface area contributed by atoms with Crippen LogP contribution in [0.15, 0.2) is 40.9 Å². The third-order valence-electron chi connectivity index (χ3n) is 3.57. The van der Waals surface area contributed by atoms with Crippen LogP contribution < -0.4 is 19.5 Å². The Bertz CT molecular complexity index is 756. The van der Waals surface area contributed by atoms with Crippen LogP contribution in [0.3, 0.4) is 0 Å². The number of anilines is 1. The van der Waals surface area contributed by atoms with Gasteiger partial charge >= 0.3 is 6.03 Å². The highest BCUT2D eigenvalue weighted by Crippen LogP contribution is 2.36. The smallest absolute Gasteiger partial charge is 0.321 e. The lowest BCUT2D eigenvalue weighted by Crippen LogP contribution is -2.34. The molecule has 0 aliphatic rings. The molecule has 0 fully saturated rings. The van der Waals surface area contributed by atoms with Crippen molar-refractivity contribution in [1.29, 1.82) is 0 Å². The van der Waals surface area contributed by atoms with Gasteiger partial charge in [0.05, 0.1) is 26.5 Å². The van der Waals surface area contributed by atoms with E-state index in [1.165, 1.54) is 12.0 Å². The average Bonchev–Trinajstić information content (AvgIpc) is 2.64. The summed E-state index contributed by atoms with van der Waals surface area (Å²) in [7, 11) is 4.78. The molecule has 6 nitrogen and oxygen atoms in total. The highest BCUT2D eigenvalue weighted by Gasteiger charge is 2.14. The van der Waals surface area contributed by atoms with E-state index in [1.807, 2.05) is 0 Å². The molecule has 8 heteroatoms. The standard InChI is InChI=1S/C18H20BrClN2O4/c1-22(8-9-26-13-6-4-12(20)5-7-13)18(23)21-15-11-17(25-3)16(24-2)10-14(15)19/h4-7,10-11H,8-9H2,1-3H3,(H,21,23). The Morgan fingerprint density at radius 1 is 1.15 bits per heavy atom. The molecule has 140 valence electrons. The molecule has 0 radical (unpaired) electrons. The van der Waals surface area contributed by atoms with Crippen LogP contribution in [0.2, 0.25) is 5.02 Å². The Kier molecular flexibility index (Phi) is 7.41. The van der Waals surface area contributed by atoms with E-state index in [0.29, 0.717) is 45.6 Å². The van der Waals surface area contributed by atoms with Crippen LogP contribution in [0.1, 0.15) is 0 Å². The van der Waals surface area contributed by atoms with E-state index in [0.717, 1.165) is 0 Å². The summed E-state index contributed by atoms with van der Waals surface area (Å²) in [5.41, 5.74) is 0.582. The van der Waals surface area contributed by atoms with E-state index in [1.54, 1.807) is 50.6 Å². The maximum atomic E-state index is 12.4. The average molecular weight is 444 g/mol. The van der Waals surface area contributed by atoms with Crippen molar-refractivity contribution in [3.05, 3.63) is 45.9 Å². The molecule has 0 saturated carbocycles. The number of rotatable bonds is 7. The van der Waals surface area contributed by atoms with Gasteiger partial charge in [0, 0.05) is 28.7 Å². The van der Waals surface area contributed by atoms with Crippen molar-refractivity contribution in [3.63, 3.8) is 0 Å². The SMILES string of the molecule is COc1cc(Br)c(NC(=O)N(C)CCOc2ccc(Cl)cc2)cc1OC. The number of hydrogen-bond acceptors (Lipinski definition) is 4. The Balaban J connectivity index is 1.91. The predicted octanol–water partition coefficient (Wildman–Crippen LogP) is 4.66. The molecule has 1 N–H and O–H groups in total. The number of benzene rings is 2. The van der Waals surface area contributed by atoms with Crippen molar-refractivity contribution in [2.24, 2.45) is 0 Å². The van der Waals surface area contributed by atoms with Crippen molar-refractivity contribution in [1.82, 2.24) is 4.90 Å². The summed E-state index contributed by atoms with van der Waals surface area (Å²) >= 11 is 9.24. The molecule has 0 aliphatic carbocycles. The Morgan fingerprint density at radius 2 is 1.77 bits per heavy atom. The van der Waals surface area contributed by atoms with Gasteiger partial charge in [-0.05, 0) is 40.2 Å². The molecule has 26 heavy (non-hydrogen) atoms. The summed E-state index contributed by atoms with van der Waals surface area (Å²) in [5.74, 6) is 1.80. The fourth-order valence-corrected chi connectivity index (χ4v) is 2.64. The van der Waals surface area contributed by atoms with Crippen LogP contribution in [-0.2, 0) is 0 Å². The molecular formula is C18H20BrClN2O4. The lowest BCUT2D eigenvalue weighted by molar-refractivity contribution is 0.207. The van der Waals surface area contributed by atoms with E-state index < -0.39 is 0 Å². The number of nitrogens with one attached hydrogen (secondary N) is 1. The van der Waals surface area contributed by atoms with Crippen LogP contribution in [0.5, 0.6) is 17.2 Å². The number of nitrogens with zero attached hydrogens (tertiary/aromatic N) is 1. The minimum Gasteiger partial charge on any atom is -0.493 e. The number of carbonyl (C=O) groups is 1. The van der Waals surface area contributed by atoms with Gasteiger partial charge in [0.25, 0.3) is 0 Å². The predicted molar refractivity (Wildman–Crippen MR) is 106 cm³/mol. The lowest BCUT2D eigenvalue weighted by Gasteiger charge is -2.19. The normalized spacial score (nSPS) is 10.2. The number of halogens is 2. The van der Waals surface area contributed by atoms with Crippen molar-refractivity contribution in [2.75, 3.05) is 39.7 Å². The largest absolute Gasteiger partial charge is 0.493 e. The van der Waals surface area contributed by atoms with Crippen LogP contribution in [0.25, 0.3) is 0 Å². The van der Waals surface area contributed by atoms with E-state index in [9.17, 15) is 4.79 Å². The summed E-state index contributed by atoms with van der Waals surface area (Å²) in [6, 6.07) is 10.2. The second kappa shape index (κ2) is 9.54. The first-order chi connectivity index (χ1) is 12.4. The fraction of sp³-hybridized carbons (Fsp3) is 0.278. The molecule has 0 aliphatic heterocycles. The topological polar surface area (TPSA) is 60.0 Å². The summed E-state index contributed by atoms with van der Waals surface area (Å²) in [5, 5.41) is 3.47. The lowest BCUT2D eigenvalue weighted by atomic mass is 10.2. The number of urea groups is 1. The zero-order chi connectivity index (χ0) is 19.1. The highest BCUT2D eigenvalue weighted by molar-refractivity contribution is 9.10. The first kappa shape index (κ1) is 20.2. The summed E-state index contributed by atoms with van der Waals surface area (Å²) in [6.45, 7) is 0.776. The van der Waals surface area contributed by atoms with Crippen molar-refractivity contribution >= 4 is 39.2 Å². The van der Waals surface area contributed by atoms with Gasteiger partial charge in [0.1, 0.15) is 12.4 Å². The fourth-order valence-electron chi connectivity index (χ4n) is 2.09. The van der Waals surface area contributed by atoms with Crippen molar-refractivity contribution < 1.29 is 19.0 Å². The van der Waals surface area contributed by atoms with Crippen LogP contribution in [0, 0.1) is 0 Å². The van der Waals surface area contributed by atoms with Gasteiger partial charge in [-0.25, -0.2) is 4.79 Å². The molecular weight excluding hydrogens is 424 g/mol. The van der Waals surface area contributed by atoms with Gasteiger partial charge in [0.15, 0.2) is 11.5 Å². The van der Waals surface area contributed by atoms with Gasteiger partial charge in [-0.15, -0.1) is 0 Å². The van der Waals surface area contributed by atoms with E-state index >= 15 is 0 Å². The Morgan fingerprint density at radius 3 is 2.38 bits per heavy atom. The first-order valence-electron chi connectivity index (χ1n) is 7.76.